The van der Waals surface area contributed by atoms with Crippen molar-refractivity contribution in [2.75, 3.05) is 161 Å². The Morgan fingerprint density at radius 2 is 0.593 bits per heavy atom. The number of hydrogen-bond acceptors (Lipinski definition) is 19. The molecule has 4 aromatic heterocycles. The Morgan fingerprint density at radius 3 is 0.805 bits per heavy atom. The summed E-state index contributed by atoms with van der Waals surface area (Å²) in [7, 11) is -0.391. The smallest absolute Gasteiger partial charge is 0.410 e. The predicted octanol–water partition coefficient (Wildman–Crippen LogP) is 13.4. The first-order valence-electron chi connectivity index (χ1n) is 40.2. The fourth-order valence-corrected chi connectivity index (χ4v) is 13.9. The zero-order chi connectivity index (χ0) is 89.3. The molecule has 0 aliphatic carbocycles. The molecule has 8 heterocycles. The van der Waals surface area contributed by atoms with E-state index in [0.717, 1.165) is 58.1 Å². The maximum atomic E-state index is 14.2. The number of piperazine rings is 4. The number of aromatic nitrogens is 4. The predicted molar refractivity (Wildman–Crippen MR) is 465 cm³/mol. The fourth-order valence-electron chi connectivity index (χ4n) is 12.8. The number of carbonyl (C=O) groups is 7. The van der Waals surface area contributed by atoms with Gasteiger partial charge in [0.05, 0.1) is 70.3 Å². The number of pyridine rings is 4. The number of ether oxygens (including phenoxy) is 2. The van der Waals surface area contributed by atoms with Crippen molar-refractivity contribution in [2.45, 2.75) is 114 Å². The first-order valence-corrected chi connectivity index (χ1v) is 41.6. The van der Waals surface area contributed by atoms with Crippen molar-refractivity contribution in [1.82, 2.24) is 62.8 Å². The quantitative estimate of drug-likeness (QED) is 0.0370. The number of rotatable bonds is 18. The van der Waals surface area contributed by atoms with E-state index in [1.165, 1.54) is 53.2 Å². The lowest BCUT2D eigenvalue weighted by Gasteiger charge is -2.35. The lowest BCUT2D eigenvalue weighted by Crippen LogP contribution is -2.51. The molecule has 123 heavy (non-hydrogen) atoms. The molecule has 4 aliphatic heterocycles. The molecule has 11 amide bonds. The fraction of sp³-hybridized carbons (Fsp3) is 0.407. The molecule has 4 aromatic carbocycles. The van der Waals surface area contributed by atoms with Crippen molar-refractivity contribution in [2.24, 2.45) is 0 Å². The lowest BCUT2D eigenvalue weighted by molar-refractivity contribution is -0.130. The number of halogens is 4. The number of nitrogens with one attached hydrogen (secondary N) is 8. The molecule has 4 saturated heterocycles. The molecule has 0 saturated carbocycles. The zero-order valence-electron chi connectivity index (χ0n) is 71.7. The second-order valence-corrected chi connectivity index (χ2v) is 34.2. The van der Waals surface area contributed by atoms with Gasteiger partial charge in [0.25, 0.3) is 10.2 Å². The number of anilines is 8. The maximum absolute atomic E-state index is 14.2. The SMILES string of the molecule is CC(=O)N1CCN(Cc2ccc(F)c(NC(=O)Nc3ccc(C)nc3)c2)CC1.Cc1ccc(NC(=O)Nc2cc(CN3CCN(C(=O)OC(C)(C)C)CC3)ccc2F)cn1.Cc1ccc(NC(=O)Nc2cc(CN3CCN(C(=O)OC(C)(C)C)CC3)ccc2F)cn1.Cc1ccc(NC(=O)Nc2cc(CN3CCN(S(=O)(=O)N(C)C)CC3)ccc2F)cn1. The van der Waals surface area contributed by atoms with Crippen molar-refractivity contribution < 1.29 is 69.0 Å². The number of hydrogen-bond donors (Lipinski definition) is 8. The van der Waals surface area contributed by atoms with E-state index in [0.29, 0.717) is 141 Å². The minimum atomic E-state index is -3.42. The summed E-state index contributed by atoms with van der Waals surface area (Å²) in [6, 6.07) is 30.4. The van der Waals surface area contributed by atoms with Gasteiger partial charge in [-0.15, -0.1) is 0 Å². The first kappa shape index (κ1) is 94.8. The third-order valence-electron chi connectivity index (χ3n) is 19.4. The molecular weight excluding hydrogens is 1610 g/mol. The van der Waals surface area contributed by atoms with Crippen LogP contribution < -0.4 is 42.5 Å². The molecule has 0 atom stereocenters. The Bertz CT molecular complexity index is 4860. The van der Waals surface area contributed by atoms with Crippen molar-refractivity contribution in [3.05, 3.63) is 214 Å². The highest BCUT2D eigenvalue weighted by molar-refractivity contribution is 7.86. The van der Waals surface area contributed by atoms with Crippen LogP contribution in [0, 0.1) is 51.0 Å². The van der Waals surface area contributed by atoms with Crippen LogP contribution in [0.3, 0.4) is 0 Å². The molecule has 4 fully saturated rings. The van der Waals surface area contributed by atoms with Crippen molar-refractivity contribution in [3.8, 4) is 0 Å². The van der Waals surface area contributed by atoms with Gasteiger partial charge in [-0.2, -0.15) is 17.0 Å². The number of urea groups is 4. The van der Waals surface area contributed by atoms with Crippen LogP contribution in [-0.4, -0.2) is 243 Å². The van der Waals surface area contributed by atoms with E-state index in [1.807, 2.05) is 74.1 Å². The summed E-state index contributed by atoms with van der Waals surface area (Å²) in [4.78, 5) is 115. The summed E-state index contributed by atoms with van der Waals surface area (Å²) in [6.07, 6.45) is 5.54. The largest absolute Gasteiger partial charge is 0.444 e. The van der Waals surface area contributed by atoms with Gasteiger partial charge in [0.15, 0.2) is 0 Å². The Balaban J connectivity index is 0.000000186. The molecule has 0 unspecified atom stereocenters. The molecule has 8 N–H and O–H groups in total. The molecule has 0 spiro atoms. The van der Waals surface area contributed by atoms with E-state index < -0.39 is 68.8 Å². The van der Waals surface area contributed by atoms with Gasteiger partial charge in [-0.25, -0.2) is 46.3 Å². The van der Waals surface area contributed by atoms with Crippen LogP contribution in [-0.2, 0) is 50.7 Å². The Kier molecular flexibility index (Phi) is 34.1. The highest BCUT2D eigenvalue weighted by Gasteiger charge is 2.31. The summed E-state index contributed by atoms with van der Waals surface area (Å²) in [6.45, 7) is 32.2. The van der Waals surface area contributed by atoms with Crippen LogP contribution in [0.15, 0.2) is 146 Å². The van der Waals surface area contributed by atoms with Gasteiger partial charge in [-0.05, 0) is 189 Å². The van der Waals surface area contributed by atoms with Crippen molar-refractivity contribution in [1.29, 1.82) is 0 Å². The normalized spacial score (nSPS) is 15.0. The number of amides is 11. The van der Waals surface area contributed by atoms with Crippen LogP contribution >= 0.6 is 0 Å². The molecular formula is C86H111F4N21O11S. The number of benzene rings is 4. The molecule has 32 nitrogen and oxygen atoms in total. The molecule has 0 radical (unpaired) electrons. The number of aryl methyl sites for hydroxylation is 4. The number of nitrogens with zero attached hydrogens (tertiary/aromatic N) is 13. The Labute approximate surface area is 715 Å². The molecule has 0 bridgehead atoms. The second kappa shape index (κ2) is 44.2. The van der Waals surface area contributed by atoms with Gasteiger partial charge in [0.2, 0.25) is 5.91 Å². The zero-order valence-corrected chi connectivity index (χ0v) is 72.5. The summed E-state index contributed by atoms with van der Waals surface area (Å²) in [5.41, 5.74) is 8.22. The van der Waals surface area contributed by atoms with E-state index in [1.54, 1.807) is 132 Å². The molecule has 12 rings (SSSR count). The summed E-state index contributed by atoms with van der Waals surface area (Å²) in [5.74, 6) is -1.98. The minimum absolute atomic E-state index is 0.0730. The van der Waals surface area contributed by atoms with E-state index in [-0.39, 0.29) is 40.8 Å². The average Bonchev–Trinajstić information content (AvgIpc) is 0.808. The van der Waals surface area contributed by atoms with Crippen LogP contribution in [0.1, 0.15) is 93.5 Å². The van der Waals surface area contributed by atoms with Gasteiger partial charge >= 0.3 is 36.3 Å². The molecule has 37 heteroatoms. The van der Waals surface area contributed by atoms with E-state index in [2.05, 4.69) is 82.1 Å². The van der Waals surface area contributed by atoms with Crippen LogP contribution in [0.25, 0.3) is 0 Å². The highest BCUT2D eigenvalue weighted by Crippen LogP contribution is 2.26. The summed E-state index contributed by atoms with van der Waals surface area (Å²) >= 11 is 0. The third-order valence-corrected chi connectivity index (χ3v) is 21.3. The lowest BCUT2D eigenvalue weighted by atomic mass is 10.1. The molecule has 4 aliphatic rings. The van der Waals surface area contributed by atoms with Gasteiger partial charge in [-0.3, -0.25) is 44.3 Å². The monoisotopic (exact) mass is 1720 g/mol. The molecule has 660 valence electrons. The van der Waals surface area contributed by atoms with E-state index in [9.17, 15) is 59.5 Å². The van der Waals surface area contributed by atoms with Gasteiger partial charge in [-0.1, -0.05) is 24.3 Å². The van der Waals surface area contributed by atoms with Crippen LogP contribution in [0.4, 0.5) is 91.8 Å². The van der Waals surface area contributed by atoms with Crippen molar-refractivity contribution >= 4 is 97.9 Å². The maximum Gasteiger partial charge on any atom is 0.410 e. The average molecular weight is 1720 g/mol. The second-order valence-electron chi connectivity index (χ2n) is 32.1. The number of carbonyl (C=O) groups excluding carboxylic acids is 7. The van der Waals surface area contributed by atoms with Crippen molar-refractivity contribution in [3.63, 3.8) is 0 Å². The van der Waals surface area contributed by atoms with E-state index >= 15 is 0 Å². The van der Waals surface area contributed by atoms with Gasteiger partial charge < -0.3 is 66.7 Å². The summed E-state index contributed by atoms with van der Waals surface area (Å²) < 4.78 is 94.8. The highest BCUT2D eigenvalue weighted by atomic mass is 32.2. The Hall–Kier alpha value is -12.0. The third kappa shape index (κ3) is 31.4. The van der Waals surface area contributed by atoms with Gasteiger partial charge in [0.1, 0.15) is 34.5 Å². The van der Waals surface area contributed by atoms with Crippen LogP contribution in [0.2, 0.25) is 0 Å². The van der Waals surface area contributed by atoms with E-state index in [4.69, 9.17) is 9.47 Å². The van der Waals surface area contributed by atoms with Crippen LogP contribution in [0.5, 0.6) is 0 Å². The summed E-state index contributed by atoms with van der Waals surface area (Å²) in [5, 5.41) is 20.7. The Morgan fingerprint density at radius 1 is 0.358 bits per heavy atom. The molecule has 8 aromatic rings. The topological polar surface area (TPSA) is 349 Å². The minimum Gasteiger partial charge on any atom is -0.444 e. The standard InChI is InChI=1S/2C23H30FN5O3.C20H27FN6O3S.C20H24FN5O2/c2*1-16-5-7-18(14-25-16)26-21(30)27-20-13-17(6-8-19(20)24)15-28-9-11-29(12-10-28)22(31)32-23(2,3)4;1-15-4-6-17(13-22-15)23-20(28)24-19-12-16(5-7-18(19)21)14-26-8-10-27(11-9-26)31(29,30)25(2)3;1-14-3-5-17(12-22-14)23-20(28)24-19-11-16(4-6-18(19)21)13-25-7-9-26(10-8-25)15(2)27/h2*5-8,13-14H,9-12,15H2,1-4H3,(H2,26,27,30);4-7,12-13H,8-11,14H2,1-3H3,(H2,23,24,28);3-6,11-12H,7-10,13H2,1-2H3,(H2,23,24,28). The first-order chi connectivity index (χ1) is 58.2. The van der Waals surface area contributed by atoms with Gasteiger partial charge in [0, 0.05) is 175 Å².